The average molecular weight is 764 g/mol. The van der Waals surface area contributed by atoms with Crippen LogP contribution in [-0.4, -0.2) is 58.4 Å². The molecule has 1 unspecified atom stereocenters. The van der Waals surface area contributed by atoms with Crippen LogP contribution in [-0.2, 0) is 9.59 Å². The predicted octanol–water partition coefficient (Wildman–Crippen LogP) is 6.65. The zero-order chi connectivity index (χ0) is 39.7. The van der Waals surface area contributed by atoms with E-state index in [1.54, 1.807) is 60.7 Å². The number of hydrogen-bond acceptors (Lipinski definition) is 9. The Morgan fingerprint density at radius 3 is 2.25 bits per heavy atom. The van der Waals surface area contributed by atoms with Gasteiger partial charge in [-0.25, -0.2) is 14.8 Å². The fraction of sp³-hybridized carbons (Fsp3) is 0.268. The van der Waals surface area contributed by atoms with Gasteiger partial charge in [-0.1, -0.05) is 42.6 Å². The van der Waals surface area contributed by atoms with Crippen LogP contribution in [0.15, 0.2) is 79.1 Å². The minimum atomic E-state index is -0.459. The van der Waals surface area contributed by atoms with Crippen molar-refractivity contribution in [3.8, 4) is 11.8 Å². The molecule has 0 saturated carbocycles. The number of unbranched alkanes of at least 4 members (excludes halogenated alkanes) is 1. The molecule has 1 atom stereocenters. The van der Waals surface area contributed by atoms with E-state index < -0.39 is 6.03 Å². The Hall–Kier alpha value is -6.39. The van der Waals surface area contributed by atoms with Gasteiger partial charge in [-0.15, -0.1) is 0 Å². The lowest BCUT2D eigenvalue weighted by Crippen LogP contribution is -2.40. The minimum absolute atomic E-state index is 0.0673. The van der Waals surface area contributed by atoms with Gasteiger partial charge in [0, 0.05) is 71.6 Å². The first-order valence-electron chi connectivity index (χ1n) is 17.7. The van der Waals surface area contributed by atoms with Crippen molar-refractivity contribution in [3.63, 3.8) is 0 Å². The lowest BCUT2D eigenvalue weighted by molar-refractivity contribution is -0.136. The molecule has 0 radical (unpaired) electrons. The number of ketones is 2. The van der Waals surface area contributed by atoms with Gasteiger partial charge in [-0.2, -0.15) is 0 Å². The van der Waals surface area contributed by atoms with E-state index in [-0.39, 0.29) is 40.4 Å². The topological polar surface area (TPSA) is 188 Å². The Balaban J connectivity index is 0.000000583. The summed E-state index contributed by atoms with van der Waals surface area (Å²) >= 11 is 5.85. The molecule has 2 aromatic heterocycles. The van der Waals surface area contributed by atoms with Crippen molar-refractivity contribution >= 4 is 64.0 Å². The maximum atomic E-state index is 12.7. The number of anilines is 3. The molecule has 3 heterocycles. The van der Waals surface area contributed by atoms with Crippen LogP contribution in [0.1, 0.15) is 95.2 Å². The Morgan fingerprint density at radius 2 is 1.56 bits per heavy atom. The van der Waals surface area contributed by atoms with E-state index in [1.807, 2.05) is 6.92 Å². The van der Waals surface area contributed by atoms with Crippen LogP contribution >= 0.6 is 11.6 Å². The standard InChI is InChI=1S/C34H31ClN6O4.C7H11NO2/c1-22(42)29-9-6-10-30(32(29)23(2)43)37-15-3-4-16-39-33(44)25-8-5-7-24(19-25)11-12-26-20-27(13-17-36-26)40-34(45)41-28-14-18-38-31(35)21-28;1-2-5-3-4-6(9)8-7(5)10/h5-10,13-14,17-21,37H,3-4,15-16H2,1-2H3,(H,39,44)(H2,36,38,40,41,45);5H,2-4H2,1H3,(H,8,9,10). The van der Waals surface area contributed by atoms with Crippen LogP contribution in [0, 0.1) is 17.8 Å². The summed E-state index contributed by atoms with van der Waals surface area (Å²) in [6.07, 6.45) is 6.54. The molecular weight excluding hydrogens is 722 g/mol. The molecule has 284 valence electrons. The molecule has 2 aromatic carbocycles. The summed E-state index contributed by atoms with van der Waals surface area (Å²) in [5, 5.41) is 14.1. The summed E-state index contributed by atoms with van der Waals surface area (Å²) in [5.41, 5.74) is 3.98. The zero-order valence-corrected chi connectivity index (χ0v) is 31.5. The van der Waals surface area contributed by atoms with Crippen LogP contribution in [0.5, 0.6) is 0 Å². The summed E-state index contributed by atoms with van der Waals surface area (Å²) in [6.45, 7) is 5.89. The number of halogens is 1. The number of piperidine rings is 1. The molecule has 1 saturated heterocycles. The van der Waals surface area contributed by atoms with E-state index in [0.717, 1.165) is 19.3 Å². The smallest absolute Gasteiger partial charge is 0.323 e. The molecule has 5 rings (SSSR count). The first-order valence-corrected chi connectivity index (χ1v) is 18.1. The van der Waals surface area contributed by atoms with Crippen LogP contribution in [0.25, 0.3) is 0 Å². The van der Waals surface area contributed by atoms with E-state index in [2.05, 4.69) is 48.4 Å². The summed E-state index contributed by atoms with van der Waals surface area (Å²) < 4.78 is 0. The van der Waals surface area contributed by atoms with E-state index >= 15 is 0 Å². The molecule has 13 nitrogen and oxygen atoms in total. The number of urea groups is 1. The number of hydrogen-bond donors (Lipinski definition) is 5. The van der Waals surface area contributed by atoms with Gasteiger partial charge in [-0.3, -0.25) is 29.3 Å². The van der Waals surface area contributed by atoms with Crippen molar-refractivity contribution in [1.82, 2.24) is 20.6 Å². The predicted molar refractivity (Wildman–Crippen MR) is 211 cm³/mol. The molecule has 0 bridgehead atoms. The van der Waals surface area contributed by atoms with Crippen LogP contribution < -0.4 is 26.6 Å². The van der Waals surface area contributed by atoms with Crippen molar-refractivity contribution in [2.75, 3.05) is 29.0 Å². The van der Waals surface area contributed by atoms with E-state index in [0.29, 0.717) is 70.9 Å². The molecule has 5 N–H and O–H groups in total. The van der Waals surface area contributed by atoms with Gasteiger partial charge < -0.3 is 21.3 Å². The number of nitrogens with one attached hydrogen (secondary N) is 5. The lowest BCUT2D eigenvalue weighted by Gasteiger charge is -2.18. The first kappa shape index (κ1) is 41.4. The monoisotopic (exact) mass is 763 g/mol. The maximum Gasteiger partial charge on any atom is 0.323 e. The number of imide groups is 1. The lowest BCUT2D eigenvalue weighted by atomic mass is 9.96. The van der Waals surface area contributed by atoms with Crippen molar-refractivity contribution in [2.24, 2.45) is 5.92 Å². The summed E-state index contributed by atoms with van der Waals surface area (Å²) in [5.74, 6) is 5.27. The highest BCUT2D eigenvalue weighted by atomic mass is 35.5. The van der Waals surface area contributed by atoms with Gasteiger partial charge >= 0.3 is 6.03 Å². The summed E-state index contributed by atoms with van der Waals surface area (Å²) in [4.78, 5) is 78.7. The molecule has 1 aliphatic rings. The number of Topliss-reactive ketones (excluding diaryl/α,β-unsaturated/α-hetero) is 2. The second kappa shape index (κ2) is 20.7. The quantitative estimate of drug-likeness (QED) is 0.0346. The van der Waals surface area contributed by atoms with Crippen molar-refractivity contribution in [3.05, 3.63) is 112 Å². The van der Waals surface area contributed by atoms with Gasteiger partial charge in [0.25, 0.3) is 5.91 Å². The second-order valence-electron chi connectivity index (χ2n) is 12.5. The third-order valence-corrected chi connectivity index (χ3v) is 8.52. The van der Waals surface area contributed by atoms with Gasteiger partial charge in [0.05, 0.1) is 5.56 Å². The fourth-order valence-electron chi connectivity index (χ4n) is 5.50. The SMILES string of the molecule is CC(=O)c1cccc(NCCCCNC(=O)c2cccc(C#Cc3cc(NC(=O)Nc4ccnc(Cl)c4)ccn3)c2)c1C(C)=O.CCC1CCC(=O)NC1=O. The van der Waals surface area contributed by atoms with Gasteiger partial charge in [0.2, 0.25) is 11.8 Å². The Bertz CT molecular complexity index is 2130. The number of carbonyl (C=O) groups is 6. The maximum absolute atomic E-state index is 12.7. The third-order valence-electron chi connectivity index (χ3n) is 8.31. The van der Waals surface area contributed by atoms with E-state index in [4.69, 9.17) is 11.6 Å². The van der Waals surface area contributed by atoms with Crippen molar-refractivity contribution in [1.29, 1.82) is 0 Å². The summed E-state index contributed by atoms with van der Waals surface area (Å²) in [7, 11) is 0. The molecule has 55 heavy (non-hydrogen) atoms. The zero-order valence-electron chi connectivity index (χ0n) is 30.8. The fourth-order valence-corrected chi connectivity index (χ4v) is 5.68. The molecule has 1 aliphatic heterocycles. The van der Waals surface area contributed by atoms with Crippen LogP contribution in [0.3, 0.4) is 0 Å². The number of amides is 5. The van der Waals surface area contributed by atoms with Gasteiger partial charge in [0.15, 0.2) is 11.6 Å². The van der Waals surface area contributed by atoms with Crippen LogP contribution in [0.4, 0.5) is 21.9 Å². The van der Waals surface area contributed by atoms with Crippen LogP contribution in [0.2, 0.25) is 5.15 Å². The third kappa shape index (κ3) is 13.2. The number of carbonyl (C=O) groups excluding carboxylic acids is 6. The Morgan fingerprint density at radius 1 is 0.855 bits per heavy atom. The summed E-state index contributed by atoms with van der Waals surface area (Å²) in [6, 6.07) is 18.1. The molecule has 5 amide bonds. The molecule has 14 heteroatoms. The number of benzene rings is 2. The molecule has 0 aliphatic carbocycles. The molecule has 0 spiro atoms. The molecule has 1 fully saturated rings. The van der Waals surface area contributed by atoms with Crippen molar-refractivity contribution < 1.29 is 28.8 Å². The first-order chi connectivity index (χ1) is 26.4. The number of rotatable bonds is 12. The van der Waals surface area contributed by atoms with Gasteiger partial charge in [0.1, 0.15) is 10.8 Å². The minimum Gasteiger partial charge on any atom is -0.384 e. The Labute approximate surface area is 324 Å². The molecular formula is C41H42ClN7O6. The largest absolute Gasteiger partial charge is 0.384 e. The highest BCUT2D eigenvalue weighted by molar-refractivity contribution is 6.29. The van der Waals surface area contributed by atoms with E-state index in [9.17, 15) is 28.8 Å². The normalized spacial score (nSPS) is 13.1. The average Bonchev–Trinajstić information content (AvgIpc) is 3.15. The number of aromatic nitrogens is 2. The Kier molecular flexibility index (Phi) is 15.6. The second-order valence-corrected chi connectivity index (χ2v) is 12.9. The van der Waals surface area contributed by atoms with E-state index in [1.165, 1.54) is 32.3 Å². The molecule has 4 aromatic rings. The number of pyridine rings is 2. The van der Waals surface area contributed by atoms with Crippen molar-refractivity contribution in [2.45, 2.75) is 52.9 Å². The number of nitrogens with zero attached hydrogens (tertiary/aromatic N) is 2. The highest BCUT2D eigenvalue weighted by Crippen LogP contribution is 2.22. The highest BCUT2D eigenvalue weighted by Gasteiger charge is 2.24. The van der Waals surface area contributed by atoms with Gasteiger partial charge in [-0.05, 0) is 94.0 Å².